The molecular weight excluding hydrogens is 466 g/mol. The number of ether oxygens (including phenoxy) is 3. The van der Waals surface area contributed by atoms with Crippen LogP contribution >= 0.6 is 11.8 Å². The quantitative estimate of drug-likeness (QED) is 0.591. The molecule has 2 aliphatic heterocycles. The summed E-state index contributed by atoms with van der Waals surface area (Å²) < 4.78 is 17.4. The van der Waals surface area contributed by atoms with Gasteiger partial charge in [0, 0.05) is 32.2 Å². The Hall–Kier alpha value is -3.38. The summed E-state index contributed by atoms with van der Waals surface area (Å²) in [6, 6.07) is 8.94. The fourth-order valence-electron chi connectivity index (χ4n) is 3.97. The van der Waals surface area contributed by atoms with Crippen LogP contribution in [0.2, 0.25) is 0 Å². The molecule has 1 N–H and O–H groups in total. The third kappa shape index (κ3) is 4.92. The number of benzene rings is 1. The van der Waals surface area contributed by atoms with Gasteiger partial charge < -0.3 is 14.2 Å². The molecule has 2 aromatic rings. The predicted octanol–water partition coefficient (Wildman–Crippen LogP) is 1.10. The topological polar surface area (TPSA) is 137 Å². The zero-order valence-corrected chi connectivity index (χ0v) is 19.3. The summed E-state index contributed by atoms with van der Waals surface area (Å²) >= 11 is 1.27. The minimum atomic E-state index is -0.889. The number of amides is 1. The SMILES string of the molecule is CC(=O)OC[C@H]1O[C@@H](n2cc(C3SCC(=O)N3c3ccccc3)c(=O)[nH]c2=O)C[C@@H]1OC(C)=O. The van der Waals surface area contributed by atoms with E-state index in [1.165, 1.54) is 41.3 Å². The van der Waals surface area contributed by atoms with Crippen LogP contribution in [0.5, 0.6) is 0 Å². The maximum atomic E-state index is 12.7. The predicted molar refractivity (Wildman–Crippen MR) is 121 cm³/mol. The van der Waals surface area contributed by atoms with Crippen LogP contribution in [0.15, 0.2) is 46.1 Å². The van der Waals surface area contributed by atoms with Crippen molar-refractivity contribution in [3.05, 3.63) is 62.9 Å². The molecule has 2 fully saturated rings. The number of hydrogen-bond acceptors (Lipinski definition) is 9. The molecule has 180 valence electrons. The van der Waals surface area contributed by atoms with Crippen molar-refractivity contribution < 1.29 is 28.6 Å². The molecule has 11 nitrogen and oxygen atoms in total. The lowest BCUT2D eigenvalue weighted by Gasteiger charge is -2.24. The van der Waals surface area contributed by atoms with Gasteiger partial charge in [-0.3, -0.25) is 33.6 Å². The molecular formula is C22H23N3O8S. The molecule has 0 bridgehead atoms. The fraction of sp³-hybridized carbons (Fsp3) is 0.409. The molecule has 1 amide bonds. The third-order valence-corrected chi connectivity index (χ3v) is 6.62. The lowest BCUT2D eigenvalue weighted by Crippen LogP contribution is -2.37. The van der Waals surface area contributed by atoms with Gasteiger partial charge in [-0.05, 0) is 12.1 Å². The van der Waals surface area contributed by atoms with E-state index in [2.05, 4.69) is 4.98 Å². The molecule has 1 aromatic heterocycles. The van der Waals surface area contributed by atoms with Gasteiger partial charge in [0.2, 0.25) is 5.91 Å². The van der Waals surface area contributed by atoms with Crippen LogP contribution in [0, 0.1) is 0 Å². The van der Waals surface area contributed by atoms with Crippen molar-refractivity contribution in [3.63, 3.8) is 0 Å². The molecule has 1 aromatic carbocycles. The first-order valence-electron chi connectivity index (χ1n) is 10.5. The van der Waals surface area contributed by atoms with E-state index in [4.69, 9.17) is 14.2 Å². The van der Waals surface area contributed by atoms with E-state index in [0.29, 0.717) is 5.69 Å². The number of hydrogen-bond donors (Lipinski definition) is 1. The van der Waals surface area contributed by atoms with Gasteiger partial charge >= 0.3 is 17.6 Å². The first kappa shape index (κ1) is 23.8. The smallest absolute Gasteiger partial charge is 0.330 e. The summed E-state index contributed by atoms with van der Waals surface area (Å²) in [5.41, 5.74) is -0.488. The van der Waals surface area contributed by atoms with E-state index >= 15 is 0 Å². The maximum Gasteiger partial charge on any atom is 0.330 e. The van der Waals surface area contributed by atoms with Crippen molar-refractivity contribution >= 4 is 35.3 Å². The Morgan fingerprint density at radius 2 is 1.88 bits per heavy atom. The highest BCUT2D eigenvalue weighted by Crippen LogP contribution is 2.40. The van der Waals surface area contributed by atoms with E-state index < -0.39 is 47.0 Å². The number of rotatable bonds is 6. The van der Waals surface area contributed by atoms with Crippen molar-refractivity contribution in [3.8, 4) is 0 Å². The third-order valence-electron chi connectivity index (χ3n) is 5.42. The molecule has 0 spiro atoms. The van der Waals surface area contributed by atoms with Crippen LogP contribution in [0.25, 0.3) is 0 Å². The Bertz CT molecular complexity index is 1210. The monoisotopic (exact) mass is 489 g/mol. The van der Waals surface area contributed by atoms with Gasteiger partial charge in [-0.25, -0.2) is 4.79 Å². The summed E-state index contributed by atoms with van der Waals surface area (Å²) in [6.07, 6.45) is -0.955. The number of nitrogens with one attached hydrogen (secondary N) is 1. The normalized spacial score (nSPS) is 24.3. The molecule has 3 heterocycles. The Kier molecular flexibility index (Phi) is 6.89. The van der Waals surface area contributed by atoms with Gasteiger partial charge in [-0.1, -0.05) is 18.2 Å². The first-order chi connectivity index (χ1) is 16.2. The van der Waals surface area contributed by atoms with Crippen molar-refractivity contribution in [2.75, 3.05) is 17.3 Å². The van der Waals surface area contributed by atoms with Gasteiger partial charge in [0.05, 0.1) is 11.3 Å². The van der Waals surface area contributed by atoms with Crippen LogP contribution in [-0.2, 0) is 28.6 Å². The highest BCUT2D eigenvalue weighted by molar-refractivity contribution is 8.00. The second-order valence-electron chi connectivity index (χ2n) is 7.83. The number of H-pyrrole nitrogens is 1. The summed E-state index contributed by atoms with van der Waals surface area (Å²) in [7, 11) is 0. The number of nitrogens with zero attached hydrogens (tertiary/aromatic N) is 2. The van der Waals surface area contributed by atoms with Crippen LogP contribution < -0.4 is 16.1 Å². The summed E-state index contributed by atoms with van der Waals surface area (Å²) in [5, 5.41) is -0.645. The van der Waals surface area contributed by atoms with Gasteiger partial charge in [0.25, 0.3) is 5.56 Å². The van der Waals surface area contributed by atoms with E-state index in [1.807, 2.05) is 6.07 Å². The number of anilines is 1. The lowest BCUT2D eigenvalue weighted by atomic mass is 10.2. The van der Waals surface area contributed by atoms with Gasteiger partial charge in [-0.15, -0.1) is 11.8 Å². The Morgan fingerprint density at radius 1 is 1.15 bits per heavy atom. The molecule has 0 aliphatic carbocycles. The molecule has 12 heteroatoms. The average Bonchev–Trinajstić information content (AvgIpc) is 3.35. The van der Waals surface area contributed by atoms with Gasteiger partial charge in [-0.2, -0.15) is 0 Å². The number of carbonyl (C=O) groups is 3. The second-order valence-corrected chi connectivity index (χ2v) is 8.90. The largest absolute Gasteiger partial charge is 0.463 e. The zero-order chi connectivity index (χ0) is 24.4. The Balaban J connectivity index is 1.66. The van der Waals surface area contributed by atoms with Crippen molar-refractivity contribution in [2.24, 2.45) is 0 Å². The summed E-state index contributed by atoms with van der Waals surface area (Å²) in [5.74, 6) is -1.05. The molecule has 34 heavy (non-hydrogen) atoms. The van der Waals surface area contributed by atoms with E-state index in [9.17, 15) is 24.0 Å². The standard InChI is InChI=1S/C22H23N3O8S/c1-12(26)31-10-17-16(32-13(2)27)8-19(33-17)24-9-15(20(29)23-22(24)30)21-25(18(28)11-34-21)14-6-4-3-5-7-14/h3-7,9,16-17,19,21H,8,10-11H2,1-2H3,(H,23,29,30)/t16-,17+,19+,21?/m0/s1. The molecule has 4 atom stereocenters. The number of aromatic amines is 1. The summed E-state index contributed by atoms with van der Waals surface area (Å²) in [6.45, 7) is 2.32. The second kappa shape index (κ2) is 9.85. The maximum absolute atomic E-state index is 12.7. The number of carbonyl (C=O) groups excluding carboxylic acids is 3. The molecule has 1 unspecified atom stereocenters. The van der Waals surface area contributed by atoms with Crippen molar-refractivity contribution in [1.82, 2.24) is 9.55 Å². The number of esters is 2. The fourth-order valence-corrected chi connectivity index (χ4v) is 5.15. The summed E-state index contributed by atoms with van der Waals surface area (Å²) in [4.78, 5) is 64.6. The van der Waals surface area contributed by atoms with Crippen molar-refractivity contribution in [1.29, 1.82) is 0 Å². The Labute approximate surface area is 198 Å². The average molecular weight is 490 g/mol. The Morgan fingerprint density at radius 3 is 2.56 bits per heavy atom. The highest BCUT2D eigenvalue weighted by atomic mass is 32.2. The first-order valence-corrected chi connectivity index (χ1v) is 11.6. The minimum Gasteiger partial charge on any atom is -0.463 e. The van der Waals surface area contributed by atoms with Crippen LogP contribution in [0.3, 0.4) is 0 Å². The number of para-hydroxylation sites is 1. The van der Waals surface area contributed by atoms with E-state index in [0.717, 1.165) is 0 Å². The van der Waals surface area contributed by atoms with Crippen LogP contribution in [0.1, 0.15) is 37.4 Å². The van der Waals surface area contributed by atoms with E-state index in [-0.39, 0.29) is 30.3 Å². The van der Waals surface area contributed by atoms with E-state index in [1.54, 1.807) is 24.3 Å². The van der Waals surface area contributed by atoms with Crippen molar-refractivity contribution in [2.45, 2.75) is 44.1 Å². The highest BCUT2D eigenvalue weighted by Gasteiger charge is 2.41. The zero-order valence-electron chi connectivity index (χ0n) is 18.5. The van der Waals surface area contributed by atoms with Crippen LogP contribution in [0.4, 0.5) is 5.69 Å². The van der Waals surface area contributed by atoms with Gasteiger partial charge in [0.1, 0.15) is 30.4 Å². The van der Waals surface area contributed by atoms with Gasteiger partial charge in [0.15, 0.2) is 0 Å². The molecule has 0 saturated carbocycles. The molecule has 4 rings (SSSR count). The molecule has 2 saturated heterocycles. The van der Waals surface area contributed by atoms with Crippen LogP contribution in [-0.4, -0.2) is 52.0 Å². The molecule has 2 aliphatic rings. The minimum absolute atomic E-state index is 0.107. The lowest BCUT2D eigenvalue weighted by molar-refractivity contribution is -0.155. The number of aromatic nitrogens is 2. The number of thioether (sulfide) groups is 1. The molecule has 0 radical (unpaired) electrons.